The third-order valence-electron chi connectivity index (χ3n) is 3.24. The van der Waals surface area contributed by atoms with E-state index in [-0.39, 0.29) is 18.0 Å². The van der Waals surface area contributed by atoms with Gasteiger partial charge in [-0.05, 0) is 49.9 Å². The van der Waals surface area contributed by atoms with E-state index in [1.165, 1.54) is 30.7 Å². The van der Waals surface area contributed by atoms with E-state index in [4.69, 9.17) is 4.74 Å². The van der Waals surface area contributed by atoms with Gasteiger partial charge in [-0.3, -0.25) is 4.79 Å². The number of hydrogen-bond donors (Lipinski definition) is 0. The Kier molecular flexibility index (Phi) is 3.94. The Labute approximate surface area is 105 Å². The SMILES string of the molecule is O=CC(F)(F)c1ccc(OC2CCCCC2)cc1. The highest BCUT2D eigenvalue weighted by Crippen LogP contribution is 2.28. The van der Waals surface area contributed by atoms with Gasteiger partial charge in [0.2, 0.25) is 0 Å². The van der Waals surface area contributed by atoms with Gasteiger partial charge < -0.3 is 4.74 Å². The smallest absolute Gasteiger partial charge is 0.327 e. The van der Waals surface area contributed by atoms with Gasteiger partial charge in [0.25, 0.3) is 0 Å². The monoisotopic (exact) mass is 254 g/mol. The van der Waals surface area contributed by atoms with Crippen molar-refractivity contribution in [3.05, 3.63) is 29.8 Å². The highest BCUT2D eigenvalue weighted by Gasteiger charge is 2.30. The van der Waals surface area contributed by atoms with Crippen LogP contribution in [0.15, 0.2) is 24.3 Å². The minimum absolute atomic E-state index is 0.191. The van der Waals surface area contributed by atoms with E-state index >= 15 is 0 Å². The summed E-state index contributed by atoms with van der Waals surface area (Å²) in [5.74, 6) is -2.82. The number of alkyl halides is 2. The molecule has 0 unspecified atom stereocenters. The van der Waals surface area contributed by atoms with E-state index in [2.05, 4.69) is 0 Å². The molecule has 1 aliphatic carbocycles. The fourth-order valence-electron chi connectivity index (χ4n) is 2.20. The van der Waals surface area contributed by atoms with Crippen molar-refractivity contribution in [2.24, 2.45) is 0 Å². The molecule has 1 aromatic rings. The van der Waals surface area contributed by atoms with Crippen LogP contribution in [0, 0.1) is 0 Å². The van der Waals surface area contributed by atoms with Crippen molar-refractivity contribution >= 4 is 6.29 Å². The van der Waals surface area contributed by atoms with Crippen LogP contribution in [0.1, 0.15) is 37.7 Å². The Balaban J connectivity index is 2.01. The zero-order valence-corrected chi connectivity index (χ0v) is 10.1. The van der Waals surface area contributed by atoms with Gasteiger partial charge in [-0.15, -0.1) is 0 Å². The Bertz CT molecular complexity index is 395. The first kappa shape index (κ1) is 13.0. The number of aldehydes is 1. The summed E-state index contributed by atoms with van der Waals surface area (Å²) in [6.45, 7) is 0. The van der Waals surface area contributed by atoms with Gasteiger partial charge in [0.15, 0.2) is 6.29 Å². The molecule has 18 heavy (non-hydrogen) atoms. The maximum atomic E-state index is 13.1. The second-order valence-corrected chi connectivity index (χ2v) is 4.64. The maximum absolute atomic E-state index is 13.1. The molecule has 1 aromatic carbocycles. The predicted molar refractivity (Wildman–Crippen MR) is 63.9 cm³/mol. The number of carbonyl (C=O) groups is 1. The lowest BCUT2D eigenvalue weighted by atomic mass is 9.98. The number of carbonyl (C=O) groups excluding carboxylic acids is 1. The lowest BCUT2D eigenvalue weighted by Crippen LogP contribution is -2.20. The fraction of sp³-hybridized carbons (Fsp3) is 0.500. The summed E-state index contributed by atoms with van der Waals surface area (Å²) in [4.78, 5) is 10.2. The Morgan fingerprint density at radius 3 is 2.28 bits per heavy atom. The van der Waals surface area contributed by atoms with Crippen LogP contribution < -0.4 is 4.74 Å². The zero-order chi connectivity index (χ0) is 13.0. The summed E-state index contributed by atoms with van der Waals surface area (Å²) in [7, 11) is 0. The van der Waals surface area contributed by atoms with Crippen LogP contribution in [-0.4, -0.2) is 12.4 Å². The normalized spacial score (nSPS) is 17.4. The molecule has 0 saturated heterocycles. The molecular formula is C14H16F2O2. The van der Waals surface area contributed by atoms with Crippen molar-refractivity contribution in [1.29, 1.82) is 0 Å². The molecule has 0 heterocycles. The molecule has 4 heteroatoms. The maximum Gasteiger partial charge on any atom is 0.327 e. The standard InChI is InChI=1S/C14H16F2O2/c15-14(16,10-17)11-6-8-13(9-7-11)18-12-4-2-1-3-5-12/h6-10,12H,1-5H2. The molecule has 0 radical (unpaired) electrons. The number of benzene rings is 1. The highest BCUT2D eigenvalue weighted by molar-refractivity contribution is 5.63. The lowest BCUT2D eigenvalue weighted by Gasteiger charge is -2.23. The number of rotatable bonds is 4. The molecule has 0 N–H and O–H groups in total. The molecule has 0 amide bonds. The molecule has 0 atom stereocenters. The van der Waals surface area contributed by atoms with E-state index in [0.29, 0.717) is 5.75 Å². The van der Waals surface area contributed by atoms with Crippen molar-refractivity contribution in [2.75, 3.05) is 0 Å². The van der Waals surface area contributed by atoms with Gasteiger partial charge in [-0.25, -0.2) is 0 Å². The molecule has 0 aromatic heterocycles. The van der Waals surface area contributed by atoms with E-state index in [1.54, 1.807) is 0 Å². The molecule has 1 fully saturated rings. The molecule has 1 saturated carbocycles. The summed E-state index contributed by atoms with van der Waals surface area (Å²) >= 11 is 0. The molecule has 0 spiro atoms. The van der Waals surface area contributed by atoms with Crippen LogP contribution in [0.4, 0.5) is 8.78 Å². The van der Waals surface area contributed by atoms with Gasteiger partial charge in [0.05, 0.1) is 6.10 Å². The first-order valence-corrected chi connectivity index (χ1v) is 6.23. The second kappa shape index (κ2) is 5.46. The first-order chi connectivity index (χ1) is 8.62. The fourth-order valence-corrected chi connectivity index (χ4v) is 2.20. The zero-order valence-electron chi connectivity index (χ0n) is 10.1. The Hall–Kier alpha value is -1.45. The summed E-state index contributed by atoms with van der Waals surface area (Å²) in [5, 5.41) is 0. The van der Waals surface area contributed by atoms with Gasteiger partial charge in [0.1, 0.15) is 5.75 Å². The second-order valence-electron chi connectivity index (χ2n) is 4.64. The molecule has 98 valence electrons. The summed E-state index contributed by atoms with van der Waals surface area (Å²) in [5.41, 5.74) is -0.298. The van der Waals surface area contributed by atoms with Crippen molar-refractivity contribution < 1.29 is 18.3 Å². The Morgan fingerprint density at radius 1 is 1.11 bits per heavy atom. The molecular weight excluding hydrogens is 238 g/mol. The van der Waals surface area contributed by atoms with Crippen LogP contribution in [0.3, 0.4) is 0 Å². The molecule has 2 nitrogen and oxygen atoms in total. The van der Waals surface area contributed by atoms with E-state index in [0.717, 1.165) is 25.7 Å². The van der Waals surface area contributed by atoms with Crippen LogP contribution in [-0.2, 0) is 10.7 Å². The third-order valence-corrected chi connectivity index (χ3v) is 3.24. The Morgan fingerprint density at radius 2 is 1.72 bits per heavy atom. The topological polar surface area (TPSA) is 26.3 Å². The summed E-state index contributed by atoms with van der Waals surface area (Å²) in [6, 6.07) is 5.49. The van der Waals surface area contributed by atoms with Crippen molar-refractivity contribution in [3.63, 3.8) is 0 Å². The summed E-state index contributed by atoms with van der Waals surface area (Å²) < 4.78 is 31.9. The number of hydrogen-bond acceptors (Lipinski definition) is 2. The molecule has 0 bridgehead atoms. The van der Waals surface area contributed by atoms with Crippen molar-refractivity contribution in [3.8, 4) is 5.75 Å². The van der Waals surface area contributed by atoms with E-state index in [9.17, 15) is 13.6 Å². The largest absolute Gasteiger partial charge is 0.490 e. The van der Waals surface area contributed by atoms with Crippen LogP contribution in [0.25, 0.3) is 0 Å². The van der Waals surface area contributed by atoms with Gasteiger partial charge in [0, 0.05) is 5.56 Å². The molecule has 0 aliphatic heterocycles. The minimum Gasteiger partial charge on any atom is -0.490 e. The first-order valence-electron chi connectivity index (χ1n) is 6.23. The van der Waals surface area contributed by atoms with Gasteiger partial charge >= 0.3 is 5.92 Å². The predicted octanol–water partition coefficient (Wildman–Crippen LogP) is 3.69. The lowest BCUT2D eigenvalue weighted by molar-refractivity contribution is -0.130. The third kappa shape index (κ3) is 3.06. The van der Waals surface area contributed by atoms with Crippen LogP contribution in [0.5, 0.6) is 5.75 Å². The van der Waals surface area contributed by atoms with E-state index < -0.39 is 5.92 Å². The number of ether oxygens (including phenoxy) is 1. The average molecular weight is 254 g/mol. The van der Waals surface area contributed by atoms with Gasteiger partial charge in [-0.2, -0.15) is 8.78 Å². The van der Waals surface area contributed by atoms with Crippen LogP contribution in [0.2, 0.25) is 0 Å². The minimum atomic E-state index is -3.41. The summed E-state index contributed by atoms with van der Waals surface area (Å²) in [6.07, 6.45) is 5.45. The van der Waals surface area contributed by atoms with Crippen molar-refractivity contribution in [1.82, 2.24) is 0 Å². The van der Waals surface area contributed by atoms with E-state index in [1.807, 2.05) is 0 Å². The van der Waals surface area contributed by atoms with Gasteiger partial charge in [-0.1, -0.05) is 6.42 Å². The highest BCUT2D eigenvalue weighted by atomic mass is 19.3. The number of halogens is 2. The van der Waals surface area contributed by atoms with Crippen molar-refractivity contribution in [2.45, 2.75) is 44.1 Å². The quantitative estimate of drug-likeness (QED) is 0.766. The average Bonchev–Trinajstić information content (AvgIpc) is 2.40. The van der Waals surface area contributed by atoms with Crippen LogP contribution >= 0.6 is 0 Å². The molecule has 2 rings (SSSR count). The molecule has 1 aliphatic rings.